The van der Waals surface area contributed by atoms with Crippen LogP contribution in [0.3, 0.4) is 0 Å². The van der Waals surface area contributed by atoms with Gasteiger partial charge < -0.3 is 14.5 Å². The van der Waals surface area contributed by atoms with E-state index in [0.29, 0.717) is 30.9 Å². The first kappa shape index (κ1) is 23.7. The number of piperazine rings is 1. The zero-order chi connectivity index (χ0) is 24.1. The second-order valence-corrected chi connectivity index (χ2v) is 9.12. The number of halogens is 1. The third-order valence-corrected chi connectivity index (χ3v) is 6.31. The van der Waals surface area contributed by atoms with E-state index in [1.54, 1.807) is 40.1 Å². The molecule has 0 aliphatic carbocycles. The molecule has 34 heavy (non-hydrogen) atoms. The lowest BCUT2D eigenvalue weighted by Crippen LogP contribution is -2.56. The van der Waals surface area contributed by atoms with Gasteiger partial charge in [-0.2, -0.15) is 0 Å². The summed E-state index contributed by atoms with van der Waals surface area (Å²) in [4.78, 5) is 42.4. The predicted molar refractivity (Wildman–Crippen MR) is 133 cm³/mol. The molecule has 3 aromatic carbocycles. The number of Topliss-reactive ketones (excluding diaryl/α,β-unsaturated/α-hetero) is 1. The largest absolute Gasteiger partial charge is 0.488 e. The molecule has 174 valence electrons. The molecule has 1 aliphatic rings. The first-order valence-corrected chi connectivity index (χ1v) is 11.9. The topological polar surface area (TPSA) is 66.9 Å². The number of ketones is 1. The highest BCUT2D eigenvalue weighted by atomic mass is 79.9. The number of hydrogen-bond acceptors (Lipinski definition) is 4. The molecule has 1 saturated heterocycles. The van der Waals surface area contributed by atoms with E-state index in [4.69, 9.17) is 4.74 Å². The summed E-state index contributed by atoms with van der Waals surface area (Å²) in [5, 5.41) is 0. The fraction of sp³-hybridized carbons (Fsp3) is 0.222. The van der Waals surface area contributed by atoms with E-state index >= 15 is 0 Å². The maximum Gasteiger partial charge on any atom is 0.295 e. The molecule has 1 heterocycles. The van der Waals surface area contributed by atoms with Gasteiger partial charge in [0.1, 0.15) is 12.4 Å². The standard InChI is InChI=1S/C27H25BrN2O4/c1-19-17-29(26(32)21-10-6-3-7-11-21)14-15-30(19)27(33)25(31)23-13-12-22(28)16-24(23)34-18-20-8-4-2-5-9-20/h2-13,16,19H,14-15,17-18H2,1H3/t19-/m1/s1. The molecule has 2 amide bonds. The van der Waals surface area contributed by atoms with Gasteiger partial charge in [0.25, 0.3) is 17.6 Å². The van der Waals surface area contributed by atoms with Crippen LogP contribution in [0.4, 0.5) is 0 Å². The van der Waals surface area contributed by atoms with Crippen molar-refractivity contribution in [3.05, 3.63) is 100 Å². The molecule has 0 unspecified atom stereocenters. The number of amides is 2. The summed E-state index contributed by atoms with van der Waals surface area (Å²) in [5.74, 6) is -0.936. The van der Waals surface area contributed by atoms with E-state index in [2.05, 4.69) is 15.9 Å². The first-order chi connectivity index (χ1) is 16.4. The molecule has 1 atom stereocenters. The molecule has 1 aliphatic heterocycles. The van der Waals surface area contributed by atoms with Gasteiger partial charge in [-0.05, 0) is 42.8 Å². The van der Waals surface area contributed by atoms with Crippen LogP contribution < -0.4 is 4.74 Å². The van der Waals surface area contributed by atoms with Crippen LogP contribution in [0.25, 0.3) is 0 Å². The van der Waals surface area contributed by atoms with Gasteiger partial charge in [0, 0.05) is 35.7 Å². The molecule has 0 radical (unpaired) electrons. The molecular formula is C27H25BrN2O4. The molecule has 0 bridgehead atoms. The van der Waals surface area contributed by atoms with E-state index in [9.17, 15) is 14.4 Å². The van der Waals surface area contributed by atoms with Crippen molar-refractivity contribution in [3.63, 3.8) is 0 Å². The molecule has 6 nitrogen and oxygen atoms in total. The average molecular weight is 521 g/mol. The van der Waals surface area contributed by atoms with Crippen LogP contribution in [0, 0.1) is 0 Å². The molecule has 7 heteroatoms. The molecule has 1 fully saturated rings. The maximum absolute atomic E-state index is 13.2. The highest BCUT2D eigenvalue weighted by molar-refractivity contribution is 9.10. The van der Waals surface area contributed by atoms with Crippen molar-refractivity contribution in [3.8, 4) is 5.75 Å². The SMILES string of the molecule is C[C@@H]1CN(C(=O)c2ccccc2)CCN1C(=O)C(=O)c1ccc(Br)cc1OCc1ccccc1. The Labute approximate surface area is 207 Å². The minimum atomic E-state index is -0.620. The van der Waals surface area contributed by atoms with Crippen molar-refractivity contribution in [2.24, 2.45) is 0 Å². The monoisotopic (exact) mass is 520 g/mol. The quantitative estimate of drug-likeness (QED) is 0.352. The Morgan fingerprint density at radius 2 is 1.62 bits per heavy atom. The van der Waals surface area contributed by atoms with Gasteiger partial charge in [0.15, 0.2) is 0 Å². The Morgan fingerprint density at radius 1 is 0.941 bits per heavy atom. The van der Waals surface area contributed by atoms with Crippen LogP contribution in [0.2, 0.25) is 0 Å². The summed E-state index contributed by atoms with van der Waals surface area (Å²) < 4.78 is 6.66. The van der Waals surface area contributed by atoms with Gasteiger partial charge in [0.05, 0.1) is 5.56 Å². The minimum absolute atomic E-state index is 0.0737. The Morgan fingerprint density at radius 3 is 2.29 bits per heavy atom. The van der Waals surface area contributed by atoms with Crippen LogP contribution in [-0.4, -0.2) is 53.1 Å². The Bertz CT molecular complexity index is 1180. The molecule has 0 aromatic heterocycles. The second kappa shape index (κ2) is 10.7. The van der Waals surface area contributed by atoms with Crippen molar-refractivity contribution in [1.29, 1.82) is 0 Å². The lowest BCUT2D eigenvalue weighted by atomic mass is 10.1. The highest BCUT2D eigenvalue weighted by Crippen LogP contribution is 2.26. The summed E-state index contributed by atoms with van der Waals surface area (Å²) in [6.07, 6.45) is 0. The van der Waals surface area contributed by atoms with Crippen molar-refractivity contribution >= 4 is 33.5 Å². The van der Waals surface area contributed by atoms with E-state index in [0.717, 1.165) is 10.0 Å². The van der Waals surface area contributed by atoms with Crippen molar-refractivity contribution < 1.29 is 19.1 Å². The van der Waals surface area contributed by atoms with Crippen molar-refractivity contribution in [1.82, 2.24) is 9.80 Å². The van der Waals surface area contributed by atoms with Crippen LogP contribution in [0.1, 0.15) is 33.2 Å². The zero-order valence-corrected chi connectivity index (χ0v) is 20.4. The Balaban J connectivity index is 1.45. The average Bonchev–Trinajstić information content (AvgIpc) is 2.87. The number of benzene rings is 3. The summed E-state index contributed by atoms with van der Waals surface area (Å²) in [5.41, 5.74) is 1.79. The molecule has 0 N–H and O–H groups in total. The molecule has 4 rings (SSSR count). The highest BCUT2D eigenvalue weighted by Gasteiger charge is 2.34. The Hall–Kier alpha value is -3.45. The van der Waals surface area contributed by atoms with E-state index < -0.39 is 11.7 Å². The van der Waals surface area contributed by atoms with Gasteiger partial charge >= 0.3 is 0 Å². The number of hydrogen-bond donors (Lipinski definition) is 0. The van der Waals surface area contributed by atoms with Gasteiger partial charge in [-0.25, -0.2) is 0 Å². The van der Waals surface area contributed by atoms with Crippen LogP contribution >= 0.6 is 15.9 Å². The molecular weight excluding hydrogens is 496 g/mol. The van der Waals surface area contributed by atoms with Crippen LogP contribution in [0.15, 0.2) is 83.3 Å². The number of nitrogens with zero attached hydrogens (tertiary/aromatic N) is 2. The van der Waals surface area contributed by atoms with Crippen molar-refractivity contribution in [2.45, 2.75) is 19.6 Å². The summed E-state index contributed by atoms with van der Waals surface area (Å²) >= 11 is 3.41. The number of ether oxygens (including phenoxy) is 1. The first-order valence-electron chi connectivity index (χ1n) is 11.1. The number of carbonyl (C=O) groups is 3. The third kappa shape index (κ3) is 5.37. The molecule has 0 saturated carbocycles. The summed E-state index contributed by atoms with van der Waals surface area (Å²) in [7, 11) is 0. The lowest BCUT2D eigenvalue weighted by molar-refractivity contribution is -0.130. The number of carbonyl (C=O) groups excluding carboxylic acids is 3. The molecule has 0 spiro atoms. The van der Waals surface area contributed by atoms with E-state index in [1.165, 1.54) is 0 Å². The van der Waals surface area contributed by atoms with Gasteiger partial charge in [-0.1, -0.05) is 64.5 Å². The van der Waals surface area contributed by atoms with Crippen molar-refractivity contribution in [2.75, 3.05) is 19.6 Å². The van der Waals surface area contributed by atoms with E-state index in [-0.39, 0.29) is 24.1 Å². The molecule has 3 aromatic rings. The third-order valence-electron chi connectivity index (χ3n) is 5.82. The number of rotatable bonds is 6. The van der Waals surface area contributed by atoms with Gasteiger partial charge in [-0.15, -0.1) is 0 Å². The summed E-state index contributed by atoms with van der Waals surface area (Å²) in [6.45, 7) is 3.16. The fourth-order valence-electron chi connectivity index (χ4n) is 3.99. The fourth-order valence-corrected chi connectivity index (χ4v) is 4.33. The van der Waals surface area contributed by atoms with Crippen LogP contribution in [-0.2, 0) is 11.4 Å². The Kier molecular flexibility index (Phi) is 7.43. The summed E-state index contributed by atoms with van der Waals surface area (Å²) in [6, 6.07) is 23.4. The zero-order valence-electron chi connectivity index (χ0n) is 18.8. The lowest BCUT2D eigenvalue weighted by Gasteiger charge is -2.39. The second-order valence-electron chi connectivity index (χ2n) is 8.21. The van der Waals surface area contributed by atoms with E-state index in [1.807, 2.05) is 55.5 Å². The normalized spacial score (nSPS) is 15.6. The predicted octanol–water partition coefficient (Wildman–Crippen LogP) is 4.58. The minimum Gasteiger partial charge on any atom is -0.488 e. The van der Waals surface area contributed by atoms with Gasteiger partial charge in [-0.3, -0.25) is 14.4 Å². The van der Waals surface area contributed by atoms with Gasteiger partial charge in [0.2, 0.25) is 0 Å². The smallest absolute Gasteiger partial charge is 0.295 e. The van der Waals surface area contributed by atoms with Crippen LogP contribution in [0.5, 0.6) is 5.75 Å². The maximum atomic E-state index is 13.2.